The molecule has 0 aliphatic heterocycles. The first-order valence-electron chi connectivity index (χ1n) is 7.50. The average molecular weight is 298 g/mol. The highest BCUT2D eigenvalue weighted by molar-refractivity contribution is 5.83. The van der Waals surface area contributed by atoms with Crippen molar-refractivity contribution in [2.45, 2.75) is 0 Å². The quantitative estimate of drug-likeness (QED) is 0.656. The molecular formula is C21H18N2. The lowest BCUT2D eigenvalue weighted by Crippen LogP contribution is -1.96. The van der Waals surface area contributed by atoms with Crippen LogP contribution in [0.25, 0.3) is 28.0 Å². The van der Waals surface area contributed by atoms with Crippen molar-refractivity contribution in [1.82, 2.24) is 0 Å². The second-order valence-corrected chi connectivity index (χ2v) is 5.31. The Hall–Kier alpha value is -3.13. The molecule has 0 bridgehead atoms. The van der Waals surface area contributed by atoms with Gasteiger partial charge in [0.25, 0.3) is 0 Å². The molecule has 112 valence electrons. The number of nitrogens with one attached hydrogen (secondary N) is 1. The van der Waals surface area contributed by atoms with Gasteiger partial charge in [-0.1, -0.05) is 72.8 Å². The Balaban J connectivity index is 1.92. The predicted octanol–water partition coefficient (Wildman–Crippen LogP) is 4.97. The third-order valence-corrected chi connectivity index (χ3v) is 3.78. The van der Waals surface area contributed by atoms with E-state index in [0.717, 1.165) is 16.7 Å². The SMILES string of the molecule is N=CC=C(N)c1cccc(-c2ccc(-c3ccccc3)cc2)c1. The van der Waals surface area contributed by atoms with Gasteiger partial charge in [0.1, 0.15) is 0 Å². The van der Waals surface area contributed by atoms with Crippen LogP contribution in [-0.2, 0) is 0 Å². The molecule has 3 aromatic rings. The molecule has 0 aromatic heterocycles. The van der Waals surface area contributed by atoms with E-state index in [4.69, 9.17) is 11.1 Å². The van der Waals surface area contributed by atoms with Crippen molar-refractivity contribution in [3.05, 3.63) is 90.5 Å². The Kier molecular flexibility index (Phi) is 4.34. The first kappa shape index (κ1) is 14.8. The van der Waals surface area contributed by atoms with Crippen molar-refractivity contribution in [1.29, 1.82) is 5.41 Å². The van der Waals surface area contributed by atoms with E-state index in [9.17, 15) is 0 Å². The minimum absolute atomic E-state index is 0.600. The van der Waals surface area contributed by atoms with E-state index in [2.05, 4.69) is 42.5 Å². The molecule has 0 spiro atoms. The summed E-state index contributed by atoms with van der Waals surface area (Å²) in [5.74, 6) is 0. The number of benzene rings is 3. The summed E-state index contributed by atoms with van der Waals surface area (Å²) in [4.78, 5) is 0. The zero-order valence-electron chi connectivity index (χ0n) is 12.7. The summed E-state index contributed by atoms with van der Waals surface area (Å²) >= 11 is 0. The molecule has 3 rings (SSSR count). The summed E-state index contributed by atoms with van der Waals surface area (Å²) < 4.78 is 0. The third-order valence-electron chi connectivity index (χ3n) is 3.78. The predicted molar refractivity (Wildman–Crippen MR) is 98.3 cm³/mol. The van der Waals surface area contributed by atoms with E-state index < -0.39 is 0 Å². The number of rotatable bonds is 4. The summed E-state index contributed by atoms with van der Waals surface area (Å²) in [5.41, 5.74) is 12.2. The molecule has 23 heavy (non-hydrogen) atoms. The van der Waals surface area contributed by atoms with Gasteiger partial charge in [-0.15, -0.1) is 0 Å². The largest absolute Gasteiger partial charge is 0.398 e. The molecule has 0 aliphatic carbocycles. The van der Waals surface area contributed by atoms with Gasteiger partial charge in [-0.25, -0.2) is 0 Å². The van der Waals surface area contributed by atoms with Gasteiger partial charge in [0.15, 0.2) is 0 Å². The van der Waals surface area contributed by atoms with Gasteiger partial charge >= 0.3 is 0 Å². The average Bonchev–Trinajstić information content (AvgIpc) is 2.63. The molecule has 0 fully saturated rings. The fraction of sp³-hybridized carbons (Fsp3) is 0. The first-order valence-corrected chi connectivity index (χ1v) is 7.50. The maximum absolute atomic E-state index is 7.12. The first-order chi connectivity index (χ1) is 11.3. The summed E-state index contributed by atoms with van der Waals surface area (Å²) in [6, 6.07) is 26.9. The molecular weight excluding hydrogens is 280 g/mol. The molecule has 0 aliphatic rings. The minimum atomic E-state index is 0.600. The van der Waals surface area contributed by atoms with Gasteiger partial charge in [-0.2, -0.15) is 0 Å². The molecule has 0 unspecified atom stereocenters. The third kappa shape index (κ3) is 3.38. The van der Waals surface area contributed by atoms with Crippen LogP contribution in [0.2, 0.25) is 0 Å². The molecule has 3 aromatic carbocycles. The van der Waals surface area contributed by atoms with Gasteiger partial charge in [0, 0.05) is 11.9 Å². The van der Waals surface area contributed by atoms with Gasteiger partial charge in [-0.05, 0) is 40.0 Å². The van der Waals surface area contributed by atoms with Gasteiger partial charge < -0.3 is 11.1 Å². The van der Waals surface area contributed by atoms with Gasteiger partial charge in [0.2, 0.25) is 0 Å². The highest BCUT2D eigenvalue weighted by atomic mass is 14.6. The molecule has 0 radical (unpaired) electrons. The number of hydrogen-bond donors (Lipinski definition) is 2. The Morgan fingerprint density at radius 1 is 0.696 bits per heavy atom. The summed E-state index contributed by atoms with van der Waals surface area (Å²) in [6.45, 7) is 0. The normalized spacial score (nSPS) is 11.2. The zero-order valence-corrected chi connectivity index (χ0v) is 12.7. The molecule has 0 heterocycles. The fourth-order valence-corrected chi connectivity index (χ4v) is 2.55. The van der Waals surface area contributed by atoms with Crippen LogP contribution in [0.1, 0.15) is 5.56 Å². The molecule has 0 amide bonds. The molecule has 2 heteroatoms. The van der Waals surface area contributed by atoms with Crippen molar-refractivity contribution in [3.8, 4) is 22.3 Å². The molecule has 2 nitrogen and oxygen atoms in total. The van der Waals surface area contributed by atoms with Crippen molar-refractivity contribution in [2.75, 3.05) is 0 Å². The van der Waals surface area contributed by atoms with Crippen molar-refractivity contribution < 1.29 is 0 Å². The van der Waals surface area contributed by atoms with E-state index in [-0.39, 0.29) is 0 Å². The Morgan fingerprint density at radius 2 is 1.26 bits per heavy atom. The van der Waals surface area contributed by atoms with Crippen LogP contribution in [0.3, 0.4) is 0 Å². The van der Waals surface area contributed by atoms with Crippen LogP contribution in [0.15, 0.2) is 84.9 Å². The second-order valence-electron chi connectivity index (χ2n) is 5.31. The van der Waals surface area contributed by atoms with Crippen LogP contribution in [0, 0.1) is 5.41 Å². The van der Waals surface area contributed by atoms with Crippen molar-refractivity contribution >= 4 is 11.9 Å². The van der Waals surface area contributed by atoms with E-state index >= 15 is 0 Å². The van der Waals surface area contributed by atoms with Gasteiger partial charge in [-0.3, -0.25) is 0 Å². The molecule has 0 saturated heterocycles. The number of nitrogens with two attached hydrogens (primary N) is 1. The summed E-state index contributed by atoms with van der Waals surface area (Å²) in [6.07, 6.45) is 2.80. The van der Waals surface area contributed by atoms with E-state index in [1.165, 1.54) is 17.3 Å². The highest BCUT2D eigenvalue weighted by Gasteiger charge is 2.02. The highest BCUT2D eigenvalue weighted by Crippen LogP contribution is 2.26. The summed E-state index contributed by atoms with van der Waals surface area (Å²) in [7, 11) is 0. The lowest BCUT2D eigenvalue weighted by molar-refractivity contribution is 1.50. The van der Waals surface area contributed by atoms with Crippen LogP contribution >= 0.6 is 0 Å². The Morgan fingerprint density at radius 3 is 1.91 bits per heavy atom. The lowest BCUT2D eigenvalue weighted by Gasteiger charge is -2.07. The Bertz CT molecular complexity index is 831. The van der Waals surface area contributed by atoms with E-state index in [1.807, 2.05) is 36.4 Å². The zero-order chi connectivity index (χ0) is 16.1. The molecule has 0 saturated carbocycles. The molecule has 3 N–H and O–H groups in total. The van der Waals surface area contributed by atoms with E-state index in [1.54, 1.807) is 6.08 Å². The van der Waals surface area contributed by atoms with Crippen LogP contribution in [0.4, 0.5) is 0 Å². The smallest absolute Gasteiger partial charge is 0.0403 e. The van der Waals surface area contributed by atoms with Crippen molar-refractivity contribution in [2.24, 2.45) is 5.73 Å². The van der Waals surface area contributed by atoms with Crippen LogP contribution < -0.4 is 5.73 Å². The lowest BCUT2D eigenvalue weighted by atomic mass is 9.98. The maximum Gasteiger partial charge on any atom is 0.0403 e. The topological polar surface area (TPSA) is 49.9 Å². The minimum Gasteiger partial charge on any atom is -0.398 e. The number of hydrogen-bond acceptors (Lipinski definition) is 2. The molecule has 0 atom stereocenters. The maximum atomic E-state index is 7.12. The Labute approximate surface area is 136 Å². The van der Waals surface area contributed by atoms with Crippen LogP contribution in [0.5, 0.6) is 0 Å². The summed E-state index contributed by atoms with van der Waals surface area (Å²) in [5, 5.41) is 7.12. The second kappa shape index (κ2) is 6.75. The fourth-order valence-electron chi connectivity index (χ4n) is 2.55. The number of allylic oxidation sites excluding steroid dienone is 1. The standard InChI is InChI=1S/C21H18N2/c22-14-13-21(23)20-8-4-7-19(15-20)18-11-9-17(10-12-18)16-5-2-1-3-6-16/h1-15,22H,23H2. The van der Waals surface area contributed by atoms with Crippen LogP contribution in [-0.4, -0.2) is 6.21 Å². The monoisotopic (exact) mass is 298 g/mol. The van der Waals surface area contributed by atoms with Crippen molar-refractivity contribution in [3.63, 3.8) is 0 Å². The van der Waals surface area contributed by atoms with E-state index in [0.29, 0.717) is 5.70 Å². The van der Waals surface area contributed by atoms with Gasteiger partial charge in [0.05, 0.1) is 0 Å².